The first-order chi connectivity index (χ1) is 10.1. The third-order valence-electron chi connectivity index (χ3n) is 3.89. The molecule has 0 saturated carbocycles. The first kappa shape index (κ1) is 21.3. The molecule has 0 atom stereocenters. The van der Waals surface area contributed by atoms with Gasteiger partial charge >= 0.3 is 0 Å². The average molecular weight is 361 g/mol. The lowest BCUT2D eigenvalue weighted by molar-refractivity contribution is -0.125. The summed E-state index contributed by atoms with van der Waals surface area (Å²) < 4.78 is 1.55. The molecule has 0 aliphatic heterocycles. The normalized spacial score (nSPS) is 10.4. The molecule has 0 aromatic carbocycles. The molecule has 0 spiro atoms. The number of anilines is 1. The molecule has 0 saturated heterocycles. The van der Waals surface area contributed by atoms with Crippen LogP contribution in [0.5, 0.6) is 0 Å². The molecule has 0 aliphatic carbocycles. The van der Waals surface area contributed by atoms with Gasteiger partial charge in [-0.3, -0.25) is 4.79 Å². The summed E-state index contributed by atoms with van der Waals surface area (Å²) in [6.45, 7) is 4.28. The van der Waals surface area contributed by atoms with Crippen molar-refractivity contribution in [2.24, 2.45) is 11.1 Å². The second-order valence-electron chi connectivity index (χ2n) is 4.89. The van der Waals surface area contributed by atoms with Crippen molar-refractivity contribution in [3.8, 4) is 5.82 Å². The fourth-order valence-corrected chi connectivity index (χ4v) is 2.14. The first-order valence-corrected chi connectivity index (χ1v) is 6.97. The summed E-state index contributed by atoms with van der Waals surface area (Å²) in [4.78, 5) is 20.5. The summed E-state index contributed by atoms with van der Waals surface area (Å²) in [7, 11) is 0. The summed E-state index contributed by atoms with van der Waals surface area (Å²) in [5.74, 6) is 0.576. The van der Waals surface area contributed by atoms with Crippen LogP contribution >= 0.6 is 24.8 Å². The van der Waals surface area contributed by atoms with Gasteiger partial charge in [0.15, 0.2) is 5.82 Å². The molecule has 3 N–H and O–H groups in total. The number of carbonyl (C=O) groups excluding carboxylic acids is 1. The minimum atomic E-state index is -0.523. The number of aromatic nitrogens is 4. The van der Waals surface area contributed by atoms with Gasteiger partial charge in [-0.1, -0.05) is 13.8 Å². The molecule has 0 aliphatic rings. The van der Waals surface area contributed by atoms with E-state index in [2.05, 4.69) is 20.4 Å². The number of hydrogen-bond donors (Lipinski definition) is 2. The Morgan fingerprint density at radius 1 is 1.30 bits per heavy atom. The highest BCUT2D eigenvalue weighted by Gasteiger charge is 2.33. The largest absolute Gasteiger partial charge is 0.329 e. The molecule has 2 aromatic heterocycles. The molecule has 2 rings (SSSR count). The smallest absolute Gasteiger partial charge is 0.231 e. The average Bonchev–Trinajstić information content (AvgIpc) is 3.05. The predicted molar refractivity (Wildman–Crippen MR) is 94.3 cm³/mol. The quantitative estimate of drug-likeness (QED) is 0.822. The van der Waals surface area contributed by atoms with Crippen LogP contribution in [0.3, 0.4) is 0 Å². The topological polar surface area (TPSA) is 98.7 Å². The van der Waals surface area contributed by atoms with Gasteiger partial charge in [-0.15, -0.1) is 24.8 Å². The van der Waals surface area contributed by atoms with Crippen LogP contribution in [0.25, 0.3) is 5.82 Å². The van der Waals surface area contributed by atoms with Gasteiger partial charge in [0.25, 0.3) is 0 Å². The molecule has 1 amide bonds. The molecule has 0 bridgehead atoms. The highest BCUT2D eigenvalue weighted by Crippen LogP contribution is 2.26. The van der Waals surface area contributed by atoms with Crippen molar-refractivity contribution in [1.82, 2.24) is 19.7 Å². The lowest BCUT2D eigenvalue weighted by Crippen LogP contribution is -2.41. The summed E-state index contributed by atoms with van der Waals surface area (Å²) in [6.07, 6.45) is 6.01. The van der Waals surface area contributed by atoms with Gasteiger partial charge in [-0.25, -0.2) is 14.6 Å². The maximum absolute atomic E-state index is 12.4. The van der Waals surface area contributed by atoms with E-state index in [9.17, 15) is 4.79 Å². The molecule has 2 aromatic rings. The van der Waals surface area contributed by atoms with E-state index in [1.165, 1.54) is 6.33 Å². The molecular formula is C14H22Cl2N6O. The Hall–Kier alpha value is -1.70. The van der Waals surface area contributed by atoms with Crippen LogP contribution in [0.1, 0.15) is 26.7 Å². The van der Waals surface area contributed by atoms with Crippen LogP contribution in [0, 0.1) is 5.41 Å². The van der Waals surface area contributed by atoms with Crippen LogP contribution in [-0.4, -0.2) is 32.2 Å². The van der Waals surface area contributed by atoms with Gasteiger partial charge in [0.2, 0.25) is 5.91 Å². The standard InChI is InChI=1S/C14H20N6O.2ClH/c1-3-14(4-2,8-15)13(21)19-11-5-6-12(17-7-11)20-10-16-9-18-20;;/h5-7,9-10H,3-4,8,15H2,1-2H3,(H,19,21);2*1H. The van der Waals surface area contributed by atoms with Crippen LogP contribution < -0.4 is 11.1 Å². The Kier molecular flexibility index (Phi) is 8.74. The number of carbonyl (C=O) groups is 1. The Balaban J connectivity index is 0.00000242. The first-order valence-electron chi connectivity index (χ1n) is 6.97. The third kappa shape index (κ3) is 4.63. The van der Waals surface area contributed by atoms with Crippen LogP contribution in [0.4, 0.5) is 5.69 Å². The van der Waals surface area contributed by atoms with Crippen molar-refractivity contribution >= 4 is 36.4 Å². The van der Waals surface area contributed by atoms with Crippen molar-refractivity contribution < 1.29 is 4.79 Å². The van der Waals surface area contributed by atoms with E-state index in [0.717, 1.165) is 0 Å². The van der Waals surface area contributed by atoms with E-state index in [1.807, 2.05) is 13.8 Å². The van der Waals surface area contributed by atoms with Crippen molar-refractivity contribution in [3.05, 3.63) is 31.0 Å². The van der Waals surface area contributed by atoms with E-state index < -0.39 is 5.41 Å². The van der Waals surface area contributed by atoms with Gasteiger partial charge in [-0.2, -0.15) is 5.10 Å². The number of nitrogens with two attached hydrogens (primary N) is 1. The molecule has 7 nitrogen and oxygen atoms in total. The molecule has 0 fully saturated rings. The van der Waals surface area contributed by atoms with Crippen LogP contribution in [0.2, 0.25) is 0 Å². The Morgan fingerprint density at radius 2 is 2.00 bits per heavy atom. The third-order valence-corrected chi connectivity index (χ3v) is 3.89. The van der Waals surface area contributed by atoms with Gasteiger partial charge < -0.3 is 11.1 Å². The Labute approximate surface area is 147 Å². The molecular weight excluding hydrogens is 339 g/mol. The summed E-state index contributed by atoms with van der Waals surface area (Å²) in [5.41, 5.74) is 5.90. The van der Waals surface area contributed by atoms with E-state index in [1.54, 1.807) is 29.3 Å². The highest BCUT2D eigenvalue weighted by atomic mass is 35.5. The maximum atomic E-state index is 12.4. The fraction of sp³-hybridized carbons (Fsp3) is 0.429. The van der Waals surface area contributed by atoms with Gasteiger partial charge in [0, 0.05) is 6.54 Å². The number of hydrogen-bond acceptors (Lipinski definition) is 5. The SMILES string of the molecule is CCC(CC)(CN)C(=O)Nc1ccc(-n2cncn2)nc1.Cl.Cl. The number of halogens is 2. The van der Waals surface area contributed by atoms with Gasteiger partial charge in [-0.05, 0) is 25.0 Å². The van der Waals surface area contributed by atoms with E-state index in [-0.39, 0.29) is 30.7 Å². The van der Waals surface area contributed by atoms with Gasteiger partial charge in [0.05, 0.1) is 17.3 Å². The maximum Gasteiger partial charge on any atom is 0.231 e. The van der Waals surface area contributed by atoms with E-state index >= 15 is 0 Å². The second kappa shape index (κ2) is 9.44. The second-order valence-corrected chi connectivity index (χ2v) is 4.89. The molecule has 9 heteroatoms. The minimum Gasteiger partial charge on any atom is -0.329 e. The summed E-state index contributed by atoms with van der Waals surface area (Å²) in [5, 5.41) is 6.88. The molecule has 128 valence electrons. The monoisotopic (exact) mass is 360 g/mol. The molecule has 2 heterocycles. The fourth-order valence-electron chi connectivity index (χ4n) is 2.14. The lowest BCUT2D eigenvalue weighted by Gasteiger charge is -2.28. The predicted octanol–water partition coefficient (Wildman–Crippen LogP) is 2.21. The number of amides is 1. The Morgan fingerprint density at radius 3 is 2.43 bits per heavy atom. The summed E-state index contributed by atoms with van der Waals surface area (Å²) >= 11 is 0. The van der Waals surface area contributed by atoms with Crippen LogP contribution in [0.15, 0.2) is 31.0 Å². The van der Waals surface area contributed by atoms with Crippen molar-refractivity contribution in [3.63, 3.8) is 0 Å². The number of pyridine rings is 1. The highest BCUT2D eigenvalue weighted by molar-refractivity contribution is 5.95. The summed E-state index contributed by atoms with van der Waals surface area (Å²) in [6, 6.07) is 3.56. The van der Waals surface area contributed by atoms with Crippen molar-refractivity contribution in [2.45, 2.75) is 26.7 Å². The van der Waals surface area contributed by atoms with Crippen molar-refractivity contribution in [1.29, 1.82) is 0 Å². The van der Waals surface area contributed by atoms with E-state index in [4.69, 9.17) is 5.73 Å². The number of nitrogens with zero attached hydrogens (tertiary/aromatic N) is 4. The molecule has 23 heavy (non-hydrogen) atoms. The number of nitrogens with one attached hydrogen (secondary N) is 1. The lowest BCUT2D eigenvalue weighted by atomic mass is 9.81. The zero-order chi connectivity index (χ0) is 15.3. The minimum absolute atomic E-state index is 0. The number of rotatable bonds is 6. The van der Waals surface area contributed by atoms with Crippen LogP contribution in [-0.2, 0) is 4.79 Å². The Bertz CT molecular complexity index is 576. The van der Waals surface area contributed by atoms with Crippen molar-refractivity contribution in [2.75, 3.05) is 11.9 Å². The molecule has 0 unspecified atom stereocenters. The van der Waals surface area contributed by atoms with E-state index in [0.29, 0.717) is 30.9 Å². The van der Waals surface area contributed by atoms with Gasteiger partial charge in [0.1, 0.15) is 12.7 Å². The zero-order valence-electron chi connectivity index (χ0n) is 13.1. The molecule has 0 radical (unpaired) electrons. The zero-order valence-corrected chi connectivity index (χ0v) is 14.7.